The zero-order chi connectivity index (χ0) is 10.3. The lowest BCUT2D eigenvalue weighted by atomic mass is 10.1. The summed E-state index contributed by atoms with van der Waals surface area (Å²) in [6.07, 6.45) is -2.58. The highest BCUT2D eigenvalue weighted by Crippen LogP contribution is 2.37. The Morgan fingerprint density at radius 2 is 2.00 bits per heavy atom. The molecule has 0 aliphatic heterocycles. The van der Waals surface area contributed by atoms with Crippen LogP contribution in [0.1, 0.15) is 12.0 Å². The van der Waals surface area contributed by atoms with Crippen LogP contribution in [0.2, 0.25) is 0 Å². The molecule has 3 N–H and O–H groups in total. The number of nitrogens with two attached hydrogens (primary N) is 1. The Morgan fingerprint density at radius 1 is 1.29 bits per heavy atom. The van der Waals surface area contributed by atoms with Crippen molar-refractivity contribution in [1.29, 1.82) is 0 Å². The van der Waals surface area contributed by atoms with Crippen LogP contribution in [0, 0.1) is 0 Å². The first kappa shape index (κ1) is 9.21. The molecule has 0 aliphatic carbocycles. The SMILES string of the molecule is Nc1cc2cc(C(F)F)cc(O)c2s1. The molecule has 0 saturated carbocycles. The molecule has 14 heavy (non-hydrogen) atoms. The van der Waals surface area contributed by atoms with Gasteiger partial charge in [0.25, 0.3) is 6.43 Å². The van der Waals surface area contributed by atoms with E-state index in [-0.39, 0.29) is 11.3 Å². The fourth-order valence-electron chi connectivity index (χ4n) is 1.30. The molecule has 0 amide bonds. The summed E-state index contributed by atoms with van der Waals surface area (Å²) >= 11 is 1.18. The molecule has 0 bridgehead atoms. The van der Waals surface area contributed by atoms with Crippen LogP contribution in [0.15, 0.2) is 18.2 Å². The number of phenols is 1. The van der Waals surface area contributed by atoms with Gasteiger partial charge in [-0.05, 0) is 23.6 Å². The van der Waals surface area contributed by atoms with Gasteiger partial charge in [-0.3, -0.25) is 0 Å². The minimum Gasteiger partial charge on any atom is -0.506 e. The topological polar surface area (TPSA) is 46.2 Å². The van der Waals surface area contributed by atoms with Gasteiger partial charge in [-0.25, -0.2) is 8.78 Å². The van der Waals surface area contributed by atoms with E-state index in [0.29, 0.717) is 15.1 Å². The maximum Gasteiger partial charge on any atom is 0.264 e. The molecule has 2 aromatic rings. The van der Waals surface area contributed by atoms with Crippen molar-refractivity contribution in [3.05, 3.63) is 23.8 Å². The van der Waals surface area contributed by atoms with Gasteiger partial charge in [-0.2, -0.15) is 0 Å². The number of halogens is 2. The van der Waals surface area contributed by atoms with E-state index in [1.165, 1.54) is 17.4 Å². The van der Waals surface area contributed by atoms with Crippen LogP contribution in [-0.2, 0) is 0 Å². The van der Waals surface area contributed by atoms with Crippen LogP contribution in [-0.4, -0.2) is 5.11 Å². The lowest BCUT2D eigenvalue weighted by Crippen LogP contribution is -1.82. The smallest absolute Gasteiger partial charge is 0.264 e. The number of hydrogen-bond acceptors (Lipinski definition) is 3. The lowest BCUT2D eigenvalue weighted by Gasteiger charge is -2.01. The van der Waals surface area contributed by atoms with Crippen molar-refractivity contribution < 1.29 is 13.9 Å². The van der Waals surface area contributed by atoms with E-state index in [2.05, 4.69) is 0 Å². The molecule has 0 spiro atoms. The zero-order valence-corrected chi connectivity index (χ0v) is 7.81. The predicted octanol–water partition coefficient (Wildman–Crippen LogP) is 3.13. The second-order valence-corrected chi connectivity index (χ2v) is 3.99. The summed E-state index contributed by atoms with van der Waals surface area (Å²) in [5.74, 6) is -0.139. The summed E-state index contributed by atoms with van der Waals surface area (Å²) in [5.41, 5.74) is 5.32. The summed E-state index contributed by atoms with van der Waals surface area (Å²) in [4.78, 5) is 0. The fourth-order valence-corrected chi connectivity index (χ4v) is 2.12. The van der Waals surface area contributed by atoms with Crippen LogP contribution in [0.25, 0.3) is 10.1 Å². The first-order valence-electron chi connectivity index (χ1n) is 3.88. The second-order valence-electron chi connectivity index (χ2n) is 2.91. The van der Waals surface area contributed by atoms with Crippen molar-refractivity contribution in [2.24, 2.45) is 0 Å². The van der Waals surface area contributed by atoms with E-state index in [9.17, 15) is 13.9 Å². The molecule has 1 aromatic carbocycles. The number of nitrogen functional groups attached to an aromatic ring is 1. The van der Waals surface area contributed by atoms with Gasteiger partial charge >= 0.3 is 0 Å². The lowest BCUT2D eigenvalue weighted by molar-refractivity contribution is 0.151. The van der Waals surface area contributed by atoms with Crippen molar-refractivity contribution in [2.75, 3.05) is 5.73 Å². The maximum absolute atomic E-state index is 12.3. The number of thiophene rings is 1. The number of fused-ring (bicyclic) bond motifs is 1. The van der Waals surface area contributed by atoms with Gasteiger partial charge in [0.1, 0.15) is 5.75 Å². The van der Waals surface area contributed by atoms with Gasteiger partial charge in [-0.1, -0.05) is 0 Å². The Morgan fingerprint density at radius 3 is 2.64 bits per heavy atom. The molecular formula is C9H7F2NOS. The average Bonchev–Trinajstić information content (AvgIpc) is 2.45. The predicted molar refractivity (Wildman–Crippen MR) is 52.9 cm³/mol. The molecule has 2 nitrogen and oxygen atoms in total. The Balaban J connectivity index is 2.71. The van der Waals surface area contributed by atoms with Crippen molar-refractivity contribution in [3.63, 3.8) is 0 Å². The van der Waals surface area contributed by atoms with E-state index in [0.717, 1.165) is 6.07 Å². The maximum atomic E-state index is 12.3. The quantitative estimate of drug-likeness (QED) is 0.767. The number of anilines is 1. The number of aromatic hydroxyl groups is 1. The van der Waals surface area contributed by atoms with Gasteiger partial charge in [0.2, 0.25) is 0 Å². The summed E-state index contributed by atoms with van der Waals surface area (Å²) in [6, 6.07) is 3.99. The Kier molecular flexibility index (Phi) is 2.03. The summed E-state index contributed by atoms with van der Waals surface area (Å²) in [6.45, 7) is 0. The van der Waals surface area contributed by atoms with Crippen LogP contribution >= 0.6 is 11.3 Å². The normalized spacial score (nSPS) is 11.4. The van der Waals surface area contributed by atoms with E-state index >= 15 is 0 Å². The first-order chi connectivity index (χ1) is 6.58. The Bertz CT molecular complexity index is 481. The number of phenolic OH excluding ortho intramolecular Hbond substituents is 1. The second kappa shape index (κ2) is 3.09. The third kappa shape index (κ3) is 1.39. The van der Waals surface area contributed by atoms with Gasteiger partial charge in [0, 0.05) is 5.56 Å². The summed E-state index contributed by atoms with van der Waals surface area (Å²) in [5, 5.41) is 10.5. The fraction of sp³-hybridized carbons (Fsp3) is 0.111. The first-order valence-corrected chi connectivity index (χ1v) is 4.69. The summed E-state index contributed by atoms with van der Waals surface area (Å²) in [7, 11) is 0. The van der Waals surface area contributed by atoms with Crippen LogP contribution in [0.4, 0.5) is 13.8 Å². The highest BCUT2D eigenvalue weighted by molar-refractivity contribution is 7.23. The van der Waals surface area contributed by atoms with E-state index < -0.39 is 6.43 Å². The Labute approximate surface area is 82.6 Å². The standard InChI is InChI=1S/C9H7F2NOS/c10-9(11)5-1-4-3-7(12)14-8(4)6(13)2-5/h1-3,9,13H,12H2. The van der Waals surface area contributed by atoms with E-state index in [1.54, 1.807) is 6.07 Å². The molecule has 5 heteroatoms. The molecule has 2 rings (SSSR count). The highest BCUT2D eigenvalue weighted by Gasteiger charge is 2.12. The largest absolute Gasteiger partial charge is 0.506 e. The molecule has 1 aromatic heterocycles. The molecule has 0 atom stereocenters. The minimum atomic E-state index is -2.58. The number of benzene rings is 1. The molecule has 0 fully saturated rings. The van der Waals surface area contributed by atoms with Crippen molar-refractivity contribution in [2.45, 2.75) is 6.43 Å². The number of alkyl halides is 2. The van der Waals surface area contributed by atoms with Gasteiger partial charge < -0.3 is 10.8 Å². The average molecular weight is 215 g/mol. The summed E-state index contributed by atoms with van der Waals surface area (Å²) < 4.78 is 25.2. The van der Waals surface area contributed by atoms with Gasteiger partial charge in [-0.15, -0.1) is 11.3 Å². The van der Waals surface area contributed by atoms with Crippen LogP contribution < -0.4 is 5.73 Å². The van der Waals surface area contributed by atoms with Crippen molar-refractivity contribution in [1.82, 2.24) is 0 Å². The molecule has 0 aliphatic rings. The number of hydrogen-bond donors (Lipinski definition) is 2. The van der Waals surface area contributed by atoms with Gasteiger partial charge in [0.05, 0.1) is 9.70 Å². The molecule has 0 saturated heterocycles. The number of rotatable bonds is 1. The zero-order valence-electron chi connectivity index (χ0n) is 7.00. The third-order valence-electron chi connectivity index (χ3n) is 1.89. The van der Waals surface area contributed by atoms with Gasteiger partial charge in [0.15, 0.2) is 0 Å². The minimum absolute atomic E-state index is 0.139. The van der Waals surface area contributed by atoms with E-state index in [1.807, 2.05) is 0 Å². The Hall–Kier alpha value is -1.36. The van der Waals surface area contributed by atoms with Crippen molar-refractivity contribution >= 4 is 26.4 Å². The molecular weight excluding hydrogens is 208 g/mol. The molecule has 0 radical (unpaired) electrons. The molecule has 0 unspecified atom stereocenters. The van der Waals surface area contributed by atoms with Crippen LogP contribution in [0.5, 0.6) is 5.75 Å². The monoisotopic (exact) mass is 215 g/mol. The highest BCUT2D eigenvalue weighted by atomic mass is 32.1. The van der Waals surface area contributed by atoms with E-state index in [4.69, 9.17) is 5.73 Å². The van der Waals surface area contributed by atoms with Crippen molar-refractivity contribution in [3.8, 4) is 5.75 Å². The molecule has 74 valence electrons. The third-order valence-corrected chi connectivity index (χ3v) is 2.89. The van der Waals surface area contributed by atoms with Crippen LogP contribution in [0.3, 0.4) is 0 Å². The molecule has 1 heterocycles.